The number of anilines is 1. The molecule has 3 rings (SSSR count). The van der Waals surface area contributed by atoms with E-state index in [1.54, 1.807) is 31.3 Å². The molecule has 0 fully saturated rings. The van der Waals surface area contributed by atoms with Crippen molar-refractivity contribution in [1.82, 2.24) is 15.0 Å². The van der Waals surface area contributed by atoms with Gasteiger partial charge in [-0.25, -0.2) is 8.42 Å². The van der Waals surface area contributed by atoms with Crippen LogP contribution >= 0.6 is 0 Å². The highest BCUT2D eigenvalue weighted by Gasteiger charge is 2.24. The van der Waals surface area contributed by atoms with Crippen LogP contribution in [0.3, 0.4) is 0 Å². The van der Waals surface area contributed by atoms with Gasteiger partial charge in [-0.1, -0.05) is 28.9 Å². The molecule has 0 atom stereocenters. The van der Waals surface area contributed by atoms with Gasteiger partial charge in [0.15, 0.2) is 0 Å². The number of aromatic nitrogens is 2. The number of benzene rings is 2. The van der Waals surface area contributed by atoms with E-state index in [9.17, 15) is 13.2 Å². The maximum Gasteiger partial charge on any atom is 0.246 e. The van der Waals surface area contributed by atoms with Gasteiger partial charge in [-0.05, 0) is 37.3 Å². The maximum atomic E-state index is 12.7. The second-order valence-corrected chi connectivity index (χ2v) is 9.01. The molecule has 0 N–H and O–H groups in total. The first-order valence-electron chi connectivity index (χ1n) is 9.42. The van der Waals surface area contributed by atoms with Gasteiger partial charge in [-0.3, -0.25) is 9.10 Å². The fraction of sp³-hybridized carbons (Fsp3) is 0.286. The van der Waals surface area contributed by atoms with Crippen molar-refractivity contribution in [2.45, 2.75) is 13.5 Å². The summed E-state index contributed by atoms with van der Waals surface area (Å²) in [6.45, 7) is 1.66. The van der Waals surface area contributed by atoms with Gasteiger partial charge in [0.25, 0.3) is 0 Å². The molecule has 31 heavy (non-hydrogen) atoms. The van der Waals surface area contributed by atoms with Crippen molar-refractivity contribution in [1.29, 1.82) is 0 Å². The number of hydrogen-bond acceptors (Lipinski definition) is 7. The van der Waals surface area contributed by atoms with E-state index in [-0.39, 0.29) is 19.0 Å². The topological polar surface area (TPSA) is 106 Å². The highest BCUT2D eigenvalue weighted by atomic mass is 32.2. The molecule has 0 aliphatic rings. The van der Waals surface area contributed by atoms with Crippen LogP contribution in [0.5, 0.6) is 5.75 Å². The molecule has 164 valence electrons. The zero-order chi connectivity index (χ0) is 22.6. The van der Waals surface area contributed by atoms with E-state index in [2.05, 4.69) is 10.1 Å². The lowest BCUT2D eigenvalue weighted by Crippen LogP contribution is -2.41. The lowest BCUT2D eigenvalue weighted by atomic mass is 10.1. The van der Waals surface area contributed by atoms with Crippen LogP contribution in [0.2, 0.25) is 0 Å². The third kappa shape index (κ3) is 5.60. The predicted molar refractivity (Wildman–Crippen MR) is 116 cm³/mol. The summed E-state index contributed by atoms with van der Waals surface area (Å²) in [5.74, 6) is 0.844. The molecule has 0 spiro atoms. The average Bonchev–Trinajstić information content (AvgIpc) is 3.19. The molecule has 0 aliphatic carbocycles. The summed E-state index contributed by atoms with van der Waals surface area (Å²) in [5, 5.41) is 3.96. The number of amides is 1. The summed E-state index contributed by atoms with van der Waals surface area (Å²) in [5.41, 5.74) is 2.24. The fourth-order valence-corrected chi connectivity index (χ4v) is 3.75. The number of carbonyl (C=O) groups excluding carboxylic acids is 1. The highest BCUT2D eigenvalue weighted by molar-refractivity contribution is 7.92. The Labute approximate surface area is 181 Å². The van der Waals surface area contributed by atoms with Gasteiger partial charge >= 0.3 is 0 Å². The first kappa shape index (κ1) is 22.3. The fourth-order valence-electron chi connectivity index (χ4n) is 2.90. The molecule has 0 bridgehead atoms. The van der Waals surface area contributed by atoms with Gasteiger partial charge < -0.3 is 14.2 Å². The quantitative estimate of drug-likeness (QED) is 0.525. The molecule has 0 unspecified atom stereocenters. The zero-order valence-corrected chi connectivity index (χ0v) is 18.6. The Bertz CT molecular complexity index is 1160. The Morgan fingerprint density at radius 1 is 1.16 bits per heavy atom. The van der Waals surface area contributed by atoms with E-state index in [1.165, 1.54) is 12.0 Å². The molecule has 9 nitrogen and oxygen atoms in total. The van der Waals surface area contributed by atoms with E-state index in [0.29, 0.717) is 17.3 Å². The molecule has 1 heterocycles. The predicted octanol–water partition coefficient (Wildman–Crippen LogP) is 2.48. The Morgan fingerprint density at radius 2 is 1.87 bits per heavy atom. The van der Waals surface area contributed by atoms with E-state index >= 15 is 0 Å². The number of rotatable bonds is 8. The first-order valence-corrected chi connectivity index (χ1v) is 11.3. The second-order valence-electron chi connectivity index (χ2n) is 7.10. The number of ether oxygens (including phenoxy) is 1. The van der Waals surface area contributed by atoms with Crippen molar-refractivity contribution in [3.8, 4) is 17.1 Å². The summed E-state index contributed by atoms with van der Waals surface area (Å²) in [4.78, 5) is 18.4. The molecule has 3 aromatic rings. The Hall–Kier alpha value is -3.40. The van der Waals surface area contributed by atoms with E-state index in [4.69, 9.17) is 9.26 Å². The summed E-state index contributed by atoms with van der Waals surface area (Å²) in [6, 6.07) is 14.1. The number of aryl methyl sites for hydroxylation is 1. The van der Waals surface area contributed by atoms with E-state index in [0.717, 1.165) is 21.7 Å². The minimum absolute atomic E-state index is 0.0534. The van der Waals surface area contributed by atoms with Crippen LogP contribution in [0.1, 0.15) is 11.5 Å². The molecule has 2 aromatic carbocycles. The zero-order valence-electron chi connectivity index (χ0n) is 17.8. The third-order valence-electron chi connectivity index (χ3n) is 4.58. The number of hydrogen-bond donors (Lipinski definition) is 0. The Morgan fingerprint density at radius 3 is 2.48 bits per heavy atom. The first-order chi connectivity index (χ1) is 14.7. The van der Waals surface area contributed by atoms with Crippen molar-refractivity contribution in [2.75, 3.05) is 31.3 Å². The lowest BCUT2D eigenvalue weighted by Gasteiger charge is -2.24. The SMILES string of the molecule is COc1ccc(N(CC(=O)N(C)Cc2nc(-c3cccc(C)c3)no2)S(C)(=O)=O)cc1. The monoisotopic (exact) mass is 444 g/mol. The van der Waals surface area contributed by atoms with Crippen molar-refractivity contribution < 1.29 is 22.5 Å². The number of likely N-dealkylation sites (N-methyl/N-ethyl adjacent to an activating group) is 1. The van der Waals surface area contributed by atoms with Crippen LogP contribution in [-0.2, 0) is 21.4 Å². The number of methoxy groups -OCH3 is 1. The van der Waals surface area contributed by atoms with Gasteiger partial charge in [0.2, 0.25) is 27.6 Å². The summed E-state index contributed by atoms with van der Waals surface area (Å²) in [7, 11) is -0.615. The van der Waals surface area contributed by atoms with Crippen LogP contribution < -0.4 is 9.04 Å². The smallest absolute Gasteiger partial charge is 0.246 e. The standard InChI is InChI=1S/C21H24N4O5S/c1-15-6-5-7-16(12-15)21-22-19(30-23-21)13-24(2)20(26)14-25(31(4,27)28)17-8-10-18(29-3)11-9-17/h5-12H,13-14H2,1-4H3. The molecule has 1 amide bonds. The van der Waals surface area contributed by atoms with Crippen molar-refractivity contribution in [3.63, 3.8) is 0 Å². The normalized spacial score (nSPS) is 11.2. The van der Waals surface area contributed by atoms with Gasteiger partial charge in [-0.2, -0.15) is 4.98 Å². The molecule has 0 radical (unpaired) electrons. The maximum absolute atomic E-state index is 12.7. The van der Waals surface area contributed by atoms with Gasteiger partial charge in [0.05, 0.1) is 25.6 Å². The van der Waals surface area contributed by atoms with E-state index < -0.39 is 15.9 Å². The molecule has 0 saturated carbocycles. The molecule has 10 heteroatoms. The molecule has 1 aromatic heterocycles. The minimum Gasteiger partial charge on any atom is -0.497 e. The molecular formula is C21H24N4O5S. The summed E-state index contributed by atoms with van der Waals surface area (Å²) in [6.07, 6.45) is 1.05. The van der Waals surface area contributed by atoms with Crippen molar-refractivity contribution in [3.05, 3.63) is 60.0 Å². The van der Waals surface area contributed by atoms with E-state index in [1.807, 2.05) is 31.2 Å². The Balaban J connectivity index is 1.71. The number of carbonyl (C=O) groups is 1. The number of sulfonamides is 1. The minimum atomic E-state index is -3.68. The number of nitrogens with zero attached hydrogens (tertiary/aromatic N) is 4. The van der Waals surface area contributed by atoms with Crippen LogP contribution in [0.25, 0.3) is 11.4 Å². The van der Waals surface area contributed by atoms with Gasteiger partial charge in [0, 0.05) is 12.6 Å². The third-order valence-corrected chi connectivity index (χ3v) is 5.72. The van der Waals surface area contributed by atoms with Crippen LogP contribution in [-0.4, -0.2) is 56.3 Å². The second kappa shape index (κ2) is 9.17. The molecular weight excluding hydrogens is 420 g/mol. The highest BCUT2D eigenvalue weighted by Crippen LogP contribution is 2.22. The van der Waals surface area contributed by atoms with Gasteiger partial charge in [-0.15, -0.1) is 0 Å². The van der Waals surface area contributed by atoms with Crippen LogP contribution in [0.4, 0.5) is 5.69 Å². The van der Waals surface area contributed by atoms with Crippen molar-refractivity contribution >= 4 is 21.6 Å². The largest absolute Gasteiger partial charge is 0.497 e. The average molecular weight is 445 g/mol. The summed E-state index contributed by atoms with van der Waals surface area (Å²) < 4.78 is 35.9. The lowest BCUT2D eigenvalue weighted by molar-refractivity contribution is -0.129. The van der Waals surface area contributed by atoms with Crippen LogP contribution in [0.15, 0.2) is 53.1 Å². The molecule has 0 aliphatic heterocycles. The van der Waals surface area contributed by atoms with Gasteiger partial charge in [0.1, 0.15) is 12.3 Å². The summed E-state index contributed by atoms with van der Waals surface area (Å²) >= 11 is 0. The van der Waals surface area contributed by atoms with Crippen molar-refractivity contribution in [2.24, 2.45) is 0 Å². The van der Waals surface area contributed by atoms with Crippen LogP contribution in [0, 0.1) is 6.92 Å². The molecule has 0 saturated heterocycles. The Kier molecular flexibility index (Phi) is 6.59.